The summed E-state index contributed by atoms with van der Waals surface area (Å²) in [4.78, 5) is 26.2. The fraction of sp³-hybridized carbons (Fsp3) is 0.391. The second-order valence-corrected chi connectivity index (χ2v) is 8.11. The summed E-state index contributed by atoms with van der Waals surface area (Å²) in [5.41, 5.74) is 0.500. The van der Waals surface area contributed by atoms with Crippen molar-refractivity contribution in [1.82, 2.24) is 0 Å². The van der Waals surface area contributed by atoms with Crippen LogP contribution in [0.3, 0.4) is 0 Å². The first-order valence-corrected chi connectivity index (χ1v) is 10.2. The molecule has 2 fully saturated rings. The van der Waals surface area contributed by atoms with E-state index in [-0.39, 0.29) is 19.3 Å². The molecule has 9 nitrogen and oxygen atoms in total. The van der Waals surface area contributed by atoms with E-state index < -0.39 is 29.4 Å². The molecule has 166 valence electrons. The molecule has 0 radical (unpaired) electrons. The summed E-state index contributed by atoms with van der Waals surface area (Å²) in [7, 11) is 4.51. The molecule has 0 aromatic heterocycles. The van der Waals surface area contributed by atoms with Crippen LogP contribution in [-0.2, 0) is 24.7 Å². The second-order valence-electron chi connectivity index (χ2n) is 8.11. The van der Waals surface area contributed by atoms with Crippen LogP contribution in [0.5, 0.6) is 28.7 Å². The smallest absolute Gasteiger partial charge is 0.315 e. The number of carbonyl (C=O) groups excluding carboxylic acids is 2. The van der Waals surface area contributed by atoms with E-state index in [1.807, 2.05) is 6.07 Å². The summed E-state index contributed by atoms with van der Waals surface area (Å²) in [6.45, 7) is 0.229. The molecule has 0 amide bonds. The molecule has 7 rings (SSSR count). The van der Waals surface area contributed by atoms with Crippen molar-refractivity contribution in [1.29, 1.82) is 0 Å². The maximum atomic E-state index is 13.2. The van der Waals surface area contributed by atoms with Gasteiger partial charge in [0.15, 0.2) is 28.6 Å². The lowest BCUT2D eigenvalue weighted by molar-refractivity contribution is -0.186. The van der Waals surface area contributed by atoms with Gasteiger partial charge in [-0.25, -0.2) is 0 Å². The van der Waals surface area contributed by atoms with Crippen LogP contribution >= 0.6 is 0 Å². The third-order valence-electron chi connectivity index (χ3n) is 6.86. The van der Waals surface area contributed by atoms with Crippen LogP contribution in [-0.4, -0.2) is 46.7 Å². The first kappa shape index (κ1) is 19.1. The van der Waals surface area contributed by atoms with Crippen LogP contribution in [0.2, 0.25) is 0 Å². The van der Waals surface area contributed by atoms with Gasteiger partial charge in [0.05, 0.1) is 33.9 Å². The van der Waals surface area contributed by atoms with E-state index in [4.69, 9.17) is 33.2 Å². The van der Waals surface area contributed by atoms with Crippen molar-refractivity contribution >= 4 is 11.9 Å². The lowest BCUT2D eigenvalue weighted by Gasteiger charge is -2.51. The van der Waals surface area contributed by atoms with Crippen molar-refractivity contribution in [2.45, 2.75) is 11.5 Å². The van der Waals surface area contributed by atoms with E-state index in [0.717, 1.165) is 5.56 Å². The fourth-order valence-corrected chi connectivity index (χ4v) is 5.56. The van der Waals surface area contributed by atoms with Gasteiger partial charge in [0, 0.05) is 17.0 Å². The Bertz CT molecular complexity index is 1150. The summed E-state index contributed by atoms with van der Waals surface area (Å²) < 4.78 is 39.2. The Morgan fingerprint density at radius 3 is 2.22 bits per heavy atom. The van der Waals surface area contributed by atoms with E-state index in [9.17, 15) is 9.59 Å². The number of benzene rings is 2. The largest absolute Gasteiger partial charge is 0.493 e. The van der Waals surface area contributed by atoms with Gasteiger partial charge in [0.1, 0.15) is 5.92 Å². The third-order valence-corrected chi connectivity index (χ3v) is 6.86. The maximum Gasteiger partial charge on any atom is 0.315 e. The molecule has 0 spiro atoms. The molecule has 0 saturated carbocycles. The van der Waals surface area contributed by atoms with Gasteiger partial charge in [0.25, 0.3) is 0 Å². The maximum absolute atomic E-state index is 13.2. The lowest BCUT2D eigenvalue weighted by atomic mass is 9.58. The summed E-state index contributed by atoms with van der Waals surface area (Å²) >= 11 is 0. The SMILES string of the molecule is COc1cc([C@@]23OC(=O)[C@@H](c4cc5c(cc42)OCO5)[C@@H]2COC(=O)[C@@H]23)cc(OC)c1OC. The molecule has 32 heavy (non-hydrogen) atoms. The average molecular weight is 440 g/mol. The van der Waals surface area contributed by atoms with Gasteiger partial charge >= 0.3 is 11.9 Å². The molecular weight excluding hydrogens is 420 g/mol. The minimum atomic E-state index is -1.44. The number of hydrogen-bond acceptors (Lipinski definition) is 9. The molecule has 4 aliphatic heterocycles. The Balaban J connectivity index is 1.69. The van der Waals surface area contributed by atoms with Crippen LogP contribution in [0.15, 0.2) is 24.3 Å². The summed E-state index contributed by atoms with van der Waals surface area (Å²) in [6, 6.07) is 7.02. The van der Waals surface area contributed by atoms with Crippen molar-refractivity contribution in [3.05, 3.63) is 41.0 Å². The molecule has 0 N–H and O–H groups in total. The van der Waals surface area contributed by atoms with Gasteiger partial charge in [0.2, 0.25) is 12.5 Å². The topological polar surface area (TPSA) is 98.8 Å². The predicted octanol–water partition coefficient (Wildman–Crippen LogP) is 2.13. The van der Waals surface area contributed by atoms with E-state index in [1.54, 1.807) is 18.2 Å². The lowest BCUT2D eigenvalue weighted by Crippen LogP contribution is -2.57. The Morgan fingerprint density at radius 1 is 0.875 bits per heavy atom. The van der Waals surface area contributed by atoms with E-state index in [0.29, 0.717) is 39.9 Å². The first-order chi connectivity index (χ1) is 15.5. The van der Waals surface area contributed by atoms with Crippen molar-refractivity contribution in [3.63, 3.8) is 0 Å². The van der Waals surface area contributed by atoms with Gasteiger partial charge in [-0.05, 0) is 29.8 Å². The molecule has 1 aliphatic carbocycles. The number of carbonyl (C=O) groups is 2. The van der Waals surface area contributed by atoms with E-state index in [1.165, 1.54) is 21.3 Å². The van der Waals surface area contributed by atoms with Crippen LogP contribution in [0.1, 0.15) is 22.6 Å². The van der Waals surface area contributed by atoms with Crippen LogP contribution in [0.4, 0.5) is 0 Å². The molecule has 2 aromatic carbocycles. The normalized spacial score (nSPS) is 28.5. The van der Waals surface area contributed by atoms with Crippen molar-refractivity contribution in [2.24, 2.45) is 11.8 Å². The minimum Gasteiger partial charge on any atom is -0.493 e. The van der Waals surface area contributed by atoms with E-state index in [2.05, 4.69) is 0 Å². The molecule has 4 heterocycles. The predicted molar refractivity (Wildman–Crippen MR) is 106 cm³/mol. The molecule has 5 aliphatic rings. The molecule has 4 atom stereocenters. The zero-order valence-corrected chi connectivity index (χ0v) is 17.6. The molecular formula is C23H20O9. The van der Waals surface area contributed by atoms with Crippen LogP contribution in [0.25, 0.3) is 0 Å². The fourth-order valence-electron chi connectivity index (χ4n) is 5.56. The number of fused-ring (bicyclic) bond motifs is 2. The number of esters is 2. The Morgan fingerprint density at radius 2 is 1.56 bits per heavy atom. The Hall–Kier alpha value is -3.62. The molecule has 0 unspecified atom stereocenters. The van der Waals surface area contributed by atoms with Gasteiger partial charge < -0.3 is 33.2 Å². The average Bonchev–Trinajstić information content (AvgIpc) is 3.43. The second kappa shape index (κ2) is 6.44. The highest BCUT2D eigenvalue weighted by atomic mass is 16.7. The molecule has 2 aromatic rings. The summed E-state index contributed by atoms with van der Waals surface area (Å²) in [5.74, 6) is -0.295. The number of hydrogen-bond donors (Lipinski definition) is 0. The number of rotatable bonds is 4. The molecule has 2 saturated heterocycles. The van der Waals surface area contributed by atoms with E-state index >= 15 is 0 Å². The van der Waals surface area contributed by atoms with Gasteiger partial charge in [-0.1, -0.05) is 0 Å². The quantitative estimate of drug-likeness (QED) is 0.662. The highest BCUT2D eigenvalue weighted by Crippen LogP contribution is 2.63. The third kappa shape index (κ3) is 2.18. The number of cyclic esters (lactones) is 1. The first-order valence-electron chi connectivity index (χ1n) is 10.2. The number of ether oxygens (including phenoxy) is 7. The van der Waals surface area contributed by atoms with Crippen molar-refractivity contribution in [3.8, 4) is 28.7 Å². The highest BCUT2D eigenvalue weighted by Gasteiger charge is 2.68. The zero-order chi connectivity index (χ0) is 22.2. The number of methoxy groups -OCH3 is 3. The zero-order valence-electron chi connectivity index (χ0n) is 17.6. The van der Waals surface area contributed by atoms with Gasteiger partial charge in [-0.2, -0.15) is 0 Å². The van der Waals surface area contributed by atoms with Crippen molar-refractivity contribution < 1.29 is 42.7 Å². The minimum absolute atomic E-state index is 0.0871. The van der Waals surface area contributed by atoms with Crippen molar-refractivity contribution in [2.75, 3.05) is 34.7 Å². The Kier molecular flexibility index (Phi) is 3.84. The van der Waals surface area contributed by atoms with Gasteiger partial charge in [-0.3, -0.25) is 9.59 Å². The van der Waals surface area contributed by atoms with Crippen LogP contribution < -0.4 is 23.7 Å². The Labute approximate surface area is 183 Å². The highest BCUT2D eigenvalue weighted by molar-refractivity contribution is 5.91. The summed E-state index contributed by atoms with van der Waals surface area (Å²) in [5, 5.41) is 0. The van der Waals surface area contributed by atoms with Gasteiger partial charge in [-0.15, -0.1) is 0 Å². The standard InChI is InChI=1S/C23H20O9/c1-26-16-4-10(5-17(27-2)20(16)28-3)23-13-7-15-14(30-9-31-15)6-11(13)18(21(24)32-23)12-8-29-22(25)19(12)23/h4-7,12,18-19H,8-9H2,1-3H3/t12-,18-,19+,23+/m0/s1. The summed E-state index contributed by atoms with van der Waals surface area (Å²) in [6.07, 6.45) is 0. The molecule has 9 heteroatoms. The monoisotopic (exact) mass is 440 g/mol. The van der Waals surface area contributed by atoms with Crippen LogP contribution in [0, 0.1) is 11.8 Å². The molecule has 2 bridgehead atoms.